The minimum Gasteiger partial charge on any atom is -0.379 e. The lowest BCUT2D eigenvalue weighted by Gasteiger charge is -2.34. The van der Waals surface area contributed by atoms with Crippen LogP contribution in [0.5, 0.6) is 0 Å². The van der Waals surface area contributed by atoms with Crippen molar-refractivity contribution in [3.8, 4) is 0 Å². The standard InChI is InChI=1S/C16H25ClN4O2/c1-12-9-20(11-14(12)19-4-6-23-7-5-19)15(22)16(2,3)21-10-13(17)8-18-21/h8,10,12,14H,4-7,9,11H2,1-3H3/t12-,14+/m0/s1. The molecule has 2 saturated heterocycles. The van der Waals surface area contributed by atoms with Crippen molar-refractivity contribution in [1.29, 1.82) is 0 Å². The van der Waals surface area contributed by atoms with E-state index in [0.717, 1.165) is 39.4 Å². The smallest absolute Gasteiger partial charge is 0.250 e. The first kappa shape index (κ1) is 16.7. The monoisotopic (exact) mass is 340 g/mol. The van der Waals surface area contributed by atoms with E-state index in [9.17, 15) is 4.79 Å². The highest BCUT2D eigenvalue weighted by Gasteiger charge is 2.42. The fraction of sp³-hybridized carbons (Fsp3) is 0.750. The molecule has 0 saturated carbocycles. The van der Waals surface area contributed by atoms with E-state index in [4.69, 9.17) is 16.3 Å². The van der Waals surface area contributed by atoms with E-state index in [1.165, 1.54) is 0 Å². The van der Waals surface area contributed by atoms with Crippen molar-refractivity contribution >= 4 is 17.5 Å². The molecule has 1 amide bonds. The predicted octanol–water partition coefficient (Wildman–Crippen LogP) is 1.45. The summed E-state index contributed by atoms with van der Waals surface area (Å²) in [7, 11) is 0. The molecular formula is C16H25ClN4O2. The van der Waals surface area contributed by atoms with Crippen LogP contribution in [0.15, 0.2) is 12.4 Å². The lowest BCUT2D eigenvalue weighted by atomic mass is 10.0. The first-order valence-electron chi connectivity index (χ1n) is 8.21. The molecule has 128 valence electrons. The number of carbonyl (C=O) groups is 1. The maximum Gasteiger partial charge on any atom is 0.250 e. The first-order valence-corrected chi connectivity index (χ1v) is 8.59. The Morgan fingerprint density at radius 3 is 2.65 bits per heavy atom. The third-order valence-electron chi connectivity index (χ3n) is 5.02. The molecule has 2 aliphatic rings. The molecule has 3 heterocycles. The molecule has 3 rings (SSSR count). The fourth-order valence-corrected chi connectivity index (χ4v) is 3.73. The van der Waals surface area contributed by atoms with Gasteiger partial charge in [-0.05, 0) is 19.8 Å². The van der Waals surface area contributed by atoms with E-state index in [-0.39, 0.29) is 5.91 Å². The minimum absolute atomic E-state index is 0.0971. The van der Waals surface area contributed by atoms with E-state index in [2.05, 4.69) is 16.9 Å². The van der Waals surface area contributed by atoms with E-state index < -0.39 is 5.54 Å². The van der Waals surface area contributed by atoms with Gasteiger partial charge in [0.15, 0.2) is 0 Å². The number of morpholine rings is 1. The number of rotatable bonds is 3. The van der Waals surface area contributed by atoms with Crippen LogP contribution in [0.25, 0.3) is 0 Å². The van der Waals surface area contributed by atoms with Gasteiger partial charge in [0.2, 0.25) is 5.91 Å². The third kappa shape index (κ3) is 3.25. The van der Waals surface area contributed by atoms with E-state index in [0.29, 0.717) is 17.0 Å². The Morgan fingerprint density at radius 2 is 2.04 bits per heavy atom. The van der Waals surface area contributed by atoms with Crippen molar-refractivity contribution in [3.63, 3.8) is 0 Å². The summed E-state index contributed by atoms with van der Waals surface area (Å²) < 4.78 is 7.09. The molecule has 0 N–H and O–H groups in total. The molecule has 0 spiro atoms. The van der Waals surface area contributed by atoms with Crippen LogP contribution in [0.1, 0.15) is 20.8 Å². The number of likely N-dealkylation sites (tertiary alicyclic amines) is 1. The highest BCUT2D eigenvalue weighted by atomic mass is 35.5. The van der Waals surface area contributed by atoms with Gasteiger partial charge in [0, 0.05) is 38.4 Å². The Kier molecular flexibility index (Phi) is 4.67. The summed E-state index contributed by atoms with van der Waals surface area (Å²) >= 11 is 5.95. The largest absolute Gasteiger partial charge is 0.379 e. The summed E-state index contributed by atoms with van der Waals surface area (Å²) in [6.45, 7) is 11.1. The second-order valence-corrected chi connectivity index (χ2v) is 7.50. The van der Waals surface area contributed by atoms with Crippen LogP contribution in [-0.4, -0.2) is 70.9 Å². The van der Waals surface area contributed by atoms with Crippen molar-refractivity contribution < 1.29 is 9.53 Å². The van der Waals surface area contributed by atoms with Crippen LogP contribution in [-0.2, 0) is 15.1 Å². The lowest BCUT2D eigenvalue weighted by Crippen LogP contribution is -2.49. The number of hydrogen-bond acceptors (Lipinski definition) is 4. The van der Waals surface area contributed by atoms with E-state index >= 15 is 0 Å². The summed E-state index contributed by atoms with van der Waals surface area (Å²) in [5.74, 6) is 0.564. The number of amides is 1. The highest BCUT2D eigenvalue weighted by Crippen LogP contribution is 2.27. The van der Waals surface area contributed by atoms with Gasteiger partial charge < -0.3 is 9.64 Å². The molecule has 0 bridgehead atoms. The van der Waals surface area contributed by atoms with Crippen molar-refractivity contribution in [2.24, 2.45) is 5.92 Å². The first-order chi connectivity index (χ1) is 10.9. The molecule has 6 nitrogen and oxygen atoms in total. The van der Waals surface area contributed by atoms with Crippen LogP contribution in [0, 0.1) is 5.92 Å². The Hall–Kier alpha value is -1.11. The molecule has 23 heavy (non-hydrogen) atoms. The molecule has 0 aliphatic carbocycles. The van der Waals surface area contributed by atoms with Gasteiger partial charge in [0.1, 0.15) is 5.54 Å². The average molecular weight is 341 g/mol. The molecule has 2 atom stereocenters. The van der Waals surface area contributed by atoms with E-state index in [1.54, 1.807) is 17.1 Å². The van der Waals surface area contributed by atoms with Crippen LogP contribution < -0.4 is 0 Å². The predicted molar refractivity (Wildman–Crippen MR) is 88.5 cm³/mol. The summed E-state index contributed by atoms with van der Waals surface area (Å²) in [5.41, 5.74) is -0.729. The maximum atomic E-state index is 13.0. The second-order valence-electron chi connectivity index (χ2n) is 7.07. The van der Waals surface area contributed by atoms with Gasteiger partial charge in [0.05, 0.1) is 24.4 Å². The van der Waals surface area contributed by atoms with Gasteiger partial charge in [0.25, 0.3) is 0 Å². The quantitative estimate of drug-likeness (QED) is 0.835. The number of hydrogen-bond donors (Lipinski definition) is 0. The van der Waals surface area contributed by atoms with Crippen LogP contribution >= 0.6 is 11.6 Å². The van der Waals surface area contributed by atoms with Crippen LogP contribution in [0.2, 0.25) is 5.02 Å². The van der Waals surface area contributed by atoms with Gasteiger partial charge in [-0.15, -0.1) is 0 Å². The zero-order valence-corrected chi connectivity index (χ0v) is 14.8. The third-order valence-corrected chi connectivity index (χ3v) is 5.22. The van der Waals surface area contributed by atoms with E-state index in [1.807, 2.05) is 18.7 Å². The number of carbonyl (C=O) groups excluding carboxylic acids is 1. The Bertz CT molecular complexity index is 568. The zero-order valence-electron chi connectivity index (χ0n) is 14.0. The molecule has 0 aromatic carbocycles. The Labute approximate surface area is 142 Å². The van der Waals surface area contributed by atoms with Gasteiger partial charge in [-0.2, -0.15) is 5.10 Å². The molecule has 0 unspecified atom stereocenters. The molecule has 7 heteroatoms. The highest BCUT2D eigenvalue weighted by molar-refractivity contribution is 6.30. The SMILES string of the molecule is C[C@H]1CN(C(=O)C(C)(C)n2cc(Cl)cn2)C[C@H]1N1CCOCC1. The molecule has 2 fully saturated rings. The minimum atomic E-state index is -0.729. The number of halogens is 1. The average Bonchev–Trinajstić information content (AvgIpc) is 3.14. The van der Waals surface area contributed by atoms with Crippen LogP contribution in [0.3, 0.4) is 0 Å². The molecule has 0 radical (unpaired) electrons. The van der Waals surface area contributed by atoms with Crippen molar-refractivity contribution in [2.45, 2.75) is 32.4 Å². The lowest BCUT2D eigenvalue weighted by molar-refractivity contribution is -0.139. The van der Waals surface area contributed by atoms with Crippen molar-refractivity contribution in [2.75, 3.05) is 39.4 Å². The van der Waals surface area contributed by atoms with Gasteiger partial charge in [-0.3, -0.25) is 14.4 Å². The molecular weight excluding hydrogens is 316 g/mol. The fourth-order valence-electron chi connectivity index (χ4n) is 3.59. The summed E-state index contributed by atoms with van der Waals surface area (Å²) in [4.78, 5) is 17.5. The topological polar surface area (TPSA) is 50.6 Å². The second kappa shape index (κ2) is 6.42. The van der Waals surface area contributed by atoms with Gasteiger partial charge in [-0.1, -0.05) is 18.5 Å². The maximum absolute atomic E-state index is 13.0. The summed E-state index contributed by atoms with van der Waals surface area (Å²) in [6.07, 6.45) is 3.28. The number of aromatic nitrogens is 2. The Morgan fingerprint density at radius 1 is 1.35 bits per heavy atom. The van der Waals surface area contributed by atoms with Crippen molar-refractivity contribution in [3.05, 3.63) is 17.4 Å². The van der Waals surface area contributed by atoms with Gasteiger partial charge in [-0.25, -0.2) is 0 Å². The number of ether oxygens (including phenoxy) is 1. The zero-order chi connectivity index (χ0) is 16.6. The molecule has 1 aromatic heterocycles. The van der Waals surface area contributed by atoms with Crippen molar-refractivity contribution in [1.82, 2.24) is 19.6 Å². The molecule has 2 aliphatic heterocycles. The Balaban J connectivity index is 1.70. The molecule has 1 aromatic rings. The van der Waals surface area contributed by atoms with Crippen LogP contribution in [0.4, 0.5) is 0 Å². The number of nitrogens with zero attached hydrogens (tertiary/aromatic N) is 4. The normalized spacial score (nSPS) is 26.7. The summed E-state index contributed by atoms with van der Waals surface area (Å²) in [5, 5.41) is 4.77. The summed E-state index contributed by atoms with van der Waals surface area (Å²) in [6, 6.07) is 0.417. The van der Waals surface area contributed by atoms with Gasteiger partial charge >= 0.3 is 0 Å².